The average molecular weight is 406 g/mol. The maximum absolute atomic E-state index is 12.9. The monoisotopic (exact) mass is 406 g/mol. The highest BCUT2D eigenvalue weighted by Crippen LogP contribution is 2.30. The van der Waals surface area contributed by atoms with Crippen LogP contribution in [-0.4, -0.2) is 52.9 Å². The van der Waals surface area contributed by atoms with E-state index in [1.165, 1.54) is 6.08 Å². The van der Waals surface area contributed by atoms with Crippen LogP contribution >= 0.6 is 0 Å². The number of rotatable bonds is 4. The Labute approximate surface area is 175 Å². The molecule has 0 aromatic carbocycles. The second kappa shape index (κ2) is 8.57. The molecule has 1 aliphatic carbocycles. The summed E-state index contributed by atoms with van der Waals surface area (Å²) in [6, 6.07) is 4.38. The lowest BCUT2D eigenvalue weighted by Crippen LogP contribution is -2.50. The number of H-pyrrole nitrogens is 1. The molecule has 8 nitrogen and oxygen atoms in total. The number of hydrogen-bond donors (Lipinski definition) is 2. The van der Waals surface area contributed by atoms with Gasteiger partial charge in [-0.25, -0.2) is 4.98 Å². The maximum atomic E-state index is 12.9. The first-order chi connectivity index (χ1) is 14.5. The summed E-state index contributed by atoms with van der Waals surface area (Å²) >= 11 is 0. The zero-order valence-corrected chi connectivity index (χ0v) is 16.9. The fourth-order valence-corrected chi connectivity index (χ4v) is 4.41. The van der Waals surface area contributed by atoms with Gasteiger partial charge in [0.2, 0.25) is 11.8 Å². The quantitative estimate of drug-likeness (QED) is 0.753. The van der Waals surface area contributed by atoms with Crippen LogP contribution in [0.2, 0.25) is 0 Å². The minimum absolute atomic E-state index is 0.0682. The smallest absolute Gasteiger partial charge is 0.241 e. The molecule has 0 bridgehead atoms. The zero-order valence-electron chi connectivity index (χ0n) is 16.9. The van der Waals surface area contributed by atoms with Crippen molar-refractivity contribution in [2.45, 2.75) is 25.7 Å². The Kier molecular flexibility index (Phi) is 5.70. The van der Waals surface area contributed by atoms with Crippen LogP contribution < -0.4 is 10.6 Å². The van der Waals surface area contributed by atoms with Crippen LogP contribution in [0, 0.1) is 23.2 Å². The van der Waals surface area contributed by atoms with Crippen LogP contribution in [0.5, 0.6) is 0 Å². The van der Waals surface area contributed by atoms with E-state index in [1.807, 2.05) is 11.1 Å². The molecule has 0 radical (unpaired) electrons. The molecule has 0 atom stereocenters. The topological polar surface area (TPSA) is 119 Å². The van der Waals surface area contributed by atoms with E-state index in [-0.39, 0.29) is 17.7 Å². The predicted octanol–water partition coefficient (Wildman–Crippen LogP) is 2.04. The third-order valence-electron chi connectivity index (χ3n) is 6.19. The normalized spacial score (nSPS) is 22.4. The van der Waals surface area contributed by atoms with Crippen LogP contribution in [0.25, 0.3) is 17.1 Å². The van der Waals surface area contributed by atoms with Crippen molar-refractivity contribution in [2.24, 2.45) is 17.6 Å². The molecule has 30 heavy (non-hydrogen) atoms. The molecule has 0 spiro atoms. The number of nitriles is 1. The van der Waals surface area contributed by atoms with Crippen molar-refractivity contribution in [3.8, 4) is 6.07 Å². The second-order valence-corrected chi connectivity index (χ2v) is 8.06. The summed E-state index contributed by atoms with van der Waals surface area (Å²) in [5, 5.41) is 9.97. The average Bonchev–Trinajstić information content (AvgIpc) is 3.19. The fraction of sp³-hybridized carbons (Fsp3) is 0.455. The second-order valence-electron chi connectivity index (χ2n) is 8.06. The number of aromatic nitrogens is 2. The number of carbonyl (C=O) groups excluding carboxylic acids is 2. The van der Waals surface area contributed by atoms with Gasteiger partial charge in [-0.05, 0) is 37.8 Å². The number of piperazine rings is 1. The van der Waals surface area contributed by atoms with Gasteiger partial charge >= 0.3 is 0 Å². The van der Waals surface area contributed by atoms with Gasteiger partial charge in [-0.15, -0.1) is 0 Å². The highest BCUT2D eigenvalue weighted by molar-refractivity contribution is 5.95. The third kappa shape index (κ3) is 4.15. The molecule has 2 aromatic rings. The van der Waals surface area contributed by atoms with Crippen LogP contribution in [0.4, 0.5) is 5.69 Å². The Hall–Kier alpha value is -3.34. The number of fused-ring (bicyclic) bond motifs is 1. The summed E-state index contributed by atoms with van der Waals surface area (Å²) < 4.78 is 0. The summed E-state index contributed by atoms with van der Waals surface area (Å²) in [4.78, 5) is 35.7. The van der Waals surface area contributed by atoms with Gasteiger partial charge < -0.3 is 20.5 Å². The predicted molar refractivity (Wildman–Crippen MR) is 114 cm³/mol. The number of anilines is 1. The van der Waals surface area contributed by atoms with Gasteiger partial charge in [-0.1, -0.05) is 0 Å². The number of amides is 2. The summed E-state index contributed by atoms with van der Waals surface area (Å²) in [6.07, 6.45) is 9.98. The molecule has 3 heterocycles. The van der Waals surface area contributed by atoms with E-state index in [2.05, 4.69) is 27.0 Å². The van der Waals surface area contributed by atoms with Crippen molar-refractivity contribution in [3.63, 3.8) is 0 Å². The summed E-state index contributed by atoms with van der Waals surface area (Å²) in [7, 11) is 0. The van der Waals surface area contributed by atoms with E-state index in [9.17, 15) is 9.59 Å². The molecule has 0 unspecified atom stereocenters. The van der Waals surface area contributed by atoms with E-state index in [1.54, 1.807) is 12.3 Å². The van der Waals surface area contributed by atoms with Gasteiger partial charge in [0.25, 0.3) is 0 Å². The lowest BCUT2D eigenvalue weighted by Gasteiger charge is -2.38. The van der Waals surface area contributed by atoms with Crippen molar-refractivity contribution < 1.29 is 9.59 Å². The minimum Gasteiger partial charge on any atom is -0.367 e. The van der Waals surface area contributed by atoms with Crippen molar-refractivity contribution in [1.29, 1.82) is 5.26 Å². The number of nitrogens with one attached hydrogen (secondary N) is 1. The Bertz CT molecular complexity index is 1000. The molecule has 8 heteroatoms. The van der Waals surface area contributed by atoms with Crippen molar-refractivity contribution in [1.82, 2.24) is 14.9 Å². The van der Waals surface area contributed by atoms with Gasteiger partial charge in [0, 0.05) is 61.2 Å². The van der Waals surface area contributed by atoms with Gasteiger partial charge in [0.15, 0.2) is 0 Å². The molecular formula is C22H26N6O2. The first-order valence-electron chi connectivity index (χ1n) is 10.4. The Morgan fingerprint density at radius 3 is 2.60 bits per heavy atom. The van der Waals surface area contributed by atoms with E-state index in [0.29, 0.717) is 13.1 Å². The van der Waals surface area contributed by atoms with Crippen molar-refractivity contribution in [3.05, 3.63) is 30.1 Å². The van der Waals surface area contributed by atoms with E-state index in [4.69, 9.17) is 11.0 Å². The lowest BCUT2D eigenvalue weighted by molar-refractivity contribution is -0.137. The van der Waals surface area contributed by atoms with Crippen LogP contribution in [0.1, 0.15) is 31.2 Å². The molecule has 1 saturated carbocycles. The largest absolute Gasteiger partial charge is 0.367 e. The number of hydrogen-bond acceptors (Lipinski definition) is 5. The number of primary amides is 1. The van der Waals surface area contributed by atoms with Crippen LogP contribution in [0.3, 0.4) is 0 Å². The molecule has 1 aliphatic heterocycles. The Morgan fingerprint density at radius 2 is 1.93 bits per heavy atom. The van der Waals surface area contributed by atoms with Gasteiger partial charge in [-0.2, -0.15) is 5.26 Å². The van der Waals surface area contributed by atoms with E-state index < -0.39 is 5.91 Å². The highest BCUT2D eigenvalue weighted by Gasteiger charge is 2.31. The molecule has 3 N–H and O–H groups in total. The molecule has 156 valence electrons. The first kappa shape index (κ1) is 20.0. The van der Waals surface area contributed by atoms with E-state index in [0.717, 1.165) is 61.1 Å². The maximum Gasteiger partial charge on any atom is 0.241 e. The third-order valence-corrected chi connectivity index (χ3v) is 6.19. The molecular weight excluding hydrogens is 380 g/mol. The van der Waals surface area contributed by atoms with Gasteiger partial charge in [0.05, 0.1) is 18.0 Å². The number of aromatic amines is 1. The summed E-state index contributed by atoms with van der Waals surface area (Å²) in [5.74, 6) is -0.0671. The number of carbonyl (C=O) groups is 2. The van der Waals surface area contributed by atoms with Crippen LogP contribution in [0.15, 0.2) is 24.5 Å². The fourth-order valence-electron chi connectivity index (χ4n) is 4.41. The Morgan fingerprint density at radius 1 is 1.20 bits per heavy atom. The van der Waals surface area contributed by atoms with Gasteiger partial charge in [0.1, 0.15) is 5.65 Å². The lowest BCUT2D eigenvalue weighted by atomic mass is 9.82. The number of nitrogens with zero attached hydrogens (tertiary/aromatic N) is 4. The molecule has 2 aliphatic rings. The van der Waals surface area contributed by atoms with Gasteiger partial charge in [-0.3, -0.25) is 9.59 Å². The Balaban J connectivity index is 1.40. The molecule has 2 fully saturated rings. The molecule has 2 amide bonds. The van der Waals surface area contributed by atoms with Crippen LogP contribution in [-0.2, 0) is 9.59 Å². The minimum atomic E-state index is -0.490. The first-order valence-corrected chi connectivity index (χ1v) is 10.4. The van der Waals surface area contributed by atoms with Crippen molar-refractivity contribution >= 4 is 34.6 Å². The summed E-state index contributed by atoms with van der Waals surface area (Å²) in [5.41, 5.74) is 7.81. The van der Waals surface area contributed by atoms with E-state index >= 15 is 0 Å². The zero-order chi connectivity index (χ0) is 21.1. The highest BCUT2D eigenvalue weighted by atomic mass is 16.2. The molecule has 1 saturated heterocycles. The summed E-state index contributed by atoms with van der Waals surface area (Å²) in [6.45, 7) is 2.89. The standard InChI is InChI=1S/C22H26N6O2/c23-12-15-1-3-16(4-2-15)22(30)28-9-7-27(8-10-28)18-11-19-17(5-6-20(24)29)13-25-21(19)26-14-18/h5-6,11,13-16H,1-4,7-10H2,(H2,24,29)(H,25,26)/b6-5+. The molecule has 2 aromatic heterocycles. The molecule has 4 rings (SSSR count). The SMILES string of the molecule is N#CC1CCC(C(=O)N2CCN(c3cnc4[nH]cc(/C=C/C(N)=O)c4c3)CC2)CC1. The van der Waals surface area contributed by atoms with Crippen molar-refractivity contribution in [2.75, 3.05) is 31.1 Å². The number of pyridine rings is 1. The number of nitrogens with two attached hydrogens (primary N) is 1.